The summed E-state index contributed by atoms with van der Waals surface area (Å²) in [4.78, 5) is 7.10. The van der Waals surface area contributed by atoms with Crippen molar-refractivity contribution >= 4 is 5.96 Å². The molecule has 0 radical (unpaired) electrons. The molecule has 1 unspecified atom stereocenters. The molecule has 0 bridgehead atoms. The smallest absolute Gasteiger partial charge is 0.191 e. The highest BCUT2D eigenvalue weighted by molar-refractivity contribution is 5.79. The molecule has 1 aliphatic heterocycles. The molecule has 26 heavy (non-hydrogen) atoms. The second kappa shape index (κ2) is 11.8. The zero-order valence-corrected chi connectivity index (χ0v) is 16.5. The Morgan fingerprint density at radius 2 is 2.12 bits per heavy atom. The first-order valence-electron chi connectivity index (χ1n) is 9.73. The summed E-state index contributed by atoms with van der Waals surface area (Å²) in [7, 11) is 0. The van der Waals surface area contributed by atoms with Gasteiger partial charge in [-0.25, -0.2) is 4.99 Å². The molecule has 0 spiro atoms. The van der Waals surface area contributed by atoms with Crippen LogP contribution in [0.15, 0.2) is 29.3 Å². The zero-order chi connectivity index (χ0) is 18.6. The van der Waals surface area contributed by atoms with Gasteiger partial charge in [-0.3, -0.25) is 4.90 Å². The number of hydrogen-bond donors (Lipinski definition) is 2. The number of benzene rings is 1. The zero-order valence-electron chi connectivity index (χ0n) is 16.5. The van der Waals surface area contributed by atoms with E-state index in [1.807, 2.05) is 19.1 Å². The standard InChI is InChI=1S/C20H34N4O2/c1-4-21-20(22-9-6-10-24-11-13-25-14-12-24)23-16-18(3)26-19-8-5-7-17(2)15-19/h5,7-8,15,18H,4,6,9-14,16H2,1-3H3,(H2,21,22,23). The Hall–Kier alpha value is -1.79. The molecule has 6 nitrogen and oxygen atoms in total. The highest BCUT2D eigenvalue weighted by atomic mass is 16.5. The van der Waals surface area contributed by atoms with E-state index < -0.39 is 0 Å². The minimum atomic E-state index is 0.0283. The minimum Gasteiger partial charge on any atom is -0.489 e. The lowest BCUT2D eigenvalue weighted by Gasteiger charge is -2.26. The number of ether oxygens (including phenoxy) is 2. The summed E-state index contributed by atoms with van der Waals surface area (Å²) in [6.07, 6.45) is 1.13. The summed E-state index contributed by atoms with van der Waals surface area (Å²) in [5.41, 5.74) is 1.20. The third-order valence-corrected chi connectivity index (χ3v) is 4.22. The molecule has 1 aliphatic rings. The second-order valence-corrected chi connectivity index (χ2v) is 6.70. The molecule has 1 aromatic carbocycles. The van der Waals surface area contributed by atoms with Gasteiger partial charge < -0.3 is 20.1 Å². The summed E-state index contributed by atoms with van der Waals surface area (Å²) >= 11 is 0. The van der Waals surface area contributed by atoms with Gasteiger partial charge in [0.05, 0.1) is 19.8 Å². The van der Waals surface area contributed by atoms with Gasteiger partial charge in [-0.2, -0.15) is 0 Å². The van der Waals surface area contributed by atoms with Crippen LogP contribution in [0, 0.1) is 6.92 Å². The van der Waals surface area contributed by atoms with Gasteiger partial charge in [0.25, 0.3) is 0 Å². The van der Waals surface area contributed by atoms with Gasteiger partial charge in [0.1, 0.15) is 11.9 Å². The lowest BCUT2D eigenvalue weighted by Crippen LogP contribution is -2.41. The normalized spacial score (nSPS) is 17.0. The van der Waals surface area contributed by atoms with Gasteiger partial charge in [-0.15, -0.1) is 0 Å². The number of morpholine rings is 1. The number of aryl methyl sites for hydroxylation is 1. The molecule has 1 atom stereocenters. The second-order valence-electron chi connectivity index (χ2n) is 6.70. The van der Waals surface area contributed by atoms with Gasteiger partial charge in [-0.1, -0.05) is 12.1 Å². The predicted molar refractivity (Wildman–Crippen MR) is 107 cm³/mol. The molecule has 0 aliphatic carbocycles. The maximum atomic E-state index is 5.95. The summed E-state index contributed by atoms with van der Waals surface area (Å²) in [6, 6.07) is 8.12. The fourth-order valence-electron chi connectivity index (χ4n) is 2.85. The Bertz CT molecular complexity index is 544. The Morgan fingerprint density at radius 3 is 2.85 bits per heavy atom. The molecule has 6 heteroatoms. The van der Waals surface area contributed by atoms with E-state index >= 15 is 0 Å². The highest BCUT2D eigenvalue weighted by Crippen LogP contribution is 2.14. The van der Waals surface area contributed by atoms with Crippen LogP contribution in [0.25, 0.3) is 0 Å². The molecule has 146 valence electrons. The lowest BCUT2D eigenvalue weighted by molar-refractivity contribution is 0.0376. The largest absolute Gasteiger partial charge is 0.489 e. The van der Waals surface area contributed by atoms with Crippen LogP contribution in [0.2, 0.25) is 0 Å². The van der Waals surface area contributed by atoms with E-state index in [9.17, 15) is 0 Å². The van der Waals surface area contributed by atoms with Crippen molar-refractivity contribution in [2.24, 2.45) is 4.99 Å². The van der Waals surface area contributed by atoms with E-state index in [1.165, 1.54) is 5.56 Å². The van der Waals surface area contributed by atoms with Crippen LogP contribution in [0.3, 0.4) is 0 Å². The van der Waals surface area contributed by atoms with Gasteiger partial charge in [0.15, 0.2) is 5.96 Å². The van der Waals surface area contributed by atoms with Crippen LogP contribution in [0.1, 0.15) is 25.8 Å². The van der Waals surface area contributed by atoms with E-state index in [1.54, 1.807) is 0 Å². The number of hydrogen-bond acceptors (Lipinski definition) is 4. The molecule has 1 saturated heterocycles. The first kappa shape index (κ1) is 20.5. The molecular weight excluding hydrogens is 328 g/mol. The van der Waals surface area contributed by atoms with Crippen molar-refractivity contribution in [2.75, 3.05) is 52.5 Å². The topological polar surface area (TPSA) is 58.1 Å². The van der Waals surface area contributed by atoms with Gasteiger partial charge in [0, 0.05) is 26.2 Å². The molecule has 2 N–H and O–H groups in total. The molecule has 1 fully saturated rings. The van der Waals surface area contributed by atoms with Crippen molar-refractivity contribution in [2.45, 2.75) is 33.3 Å². The van der Waals surface area contributed by atoms with Crippen molar-refractivity contribution in [1.82, 2.24) is 15.5 Å². The van der Waals surface area contributed by atoms with Crippen molar-refractivity contribution in [1.29, 1.82) is 0 Å². The number of rotatable bonds is 9. The number of nitrogens with one attached hydrogen (secondary N) is 2. The van der Waals surface area contributed by atoms with Crippen LogP contribution >= 0.6 is 0 Å². The SMILES string of the molecule is CCNC(=NCC(C)Oc1cccc(C)c1)NCCCN1CCOCC1. The van der Waals surface area contributed by atoms with Gasteiger partial charge >= 0.3 is 0 Å². The Kier molecular flexibility index (Phi) is 9.28. The number of aliphatic imine (C=N–C) groups is 1. The average Bonchev–Trinajstić information content (AvgIpc) is 2.64. The maximum Gasteiger partial charge on any atom is 0.191 e. The molecule has 0 amide bonds. The summed E-state index contributed by atoms with van der Waals surface area (Å²) < 4.78 is 11.3. The third-order valence-electron chi connectivity index (χ3n) is 4.22. The quantitative estimate of drug-likeness (QED) is 0.400. The van der Waals surface area contributed by atoms with Crippen molar-refractivity contribution in [3.8, 4) is 5.75 Å². The van der Waals surface area contributed by atoms with Crippen LogP contribution < -0.4 is 15.4 Å². The average molecular weight is 363 g/mol. The highest BCUT2D eigenvalue weighted by Gasteiger charge is 2.09. The summed E-state index contributed by atoms with van der Waals surface area (Å²) in [5.74, 6) is 1.75. The van der Waals surface area contributed by atoms with E-state index in [4.69, 9.17) is 9.47 Å². The van der Waals surface area contributed by atoms with Crippen LogP contribution in [0.5, 0.6) is 5.75 Å². The van der Waals surface area contributed by atoms with Crippen molar-refractivity contribution in [3.63, 3.8) is 0 Å². The molecule has 0 saturated carbocycles. The van der Waals surface area contributed by atoms with Crippen LogP contribution in [-0.4, -0.2) is 69.4 Å². The monoisotopic (exact) mass is 362 g/mol. The molecule has 0 aromatic heterocycles. The summed E-state index contributed by atoms with van der Waals surface area (Å²) in [6.45, 7) is 13.5. The van der Waals surface area contributed by atoms with Crippen LogP contribution in [-0.2, 0) is 4.74 Å². The van der Waals surface area contributed by atoms with Crippen LogP contribution in [0.4, 0.5) is 0 Å². The molecule has 1 heterocycles. The van der Waals surface area contributed by atoms with E-state index in [2.05, 4.69) is 46.5 Å². The lowest BCUT2D eigenvalue weighted by atomic mass is 10.2. The number of nitrogens with zero attached hydrogens (tertiary/aromatic N) is 2. The first-order chi connectivity index (χ1) is 12.7. The fourth-order valence-corrected chi connectivity index (χ4v) is 2.85. The van der Waals surface area contributed by atoms with Gasteiger partial charge in [-0.05, 0) is 51.4 Å². The Labute approximate surface area is 158 Å². The molecule has 1 aromatic rings. The molecular formula is C20H34N4O2. The van der Waals surface area contributed by atoms with Crippen molar-refractivity contribution in [3.05, 3.63) is 29.8 Å². The number of guanidine groups is 1. The predicted octanol–water partition coefficient (Wildman–Crippen LogP) is 2.04. The van der Waals surface area contributed by atoms with Crippen molar-refractivity contribution < 1.29 is 9.47 Å². The first-order valence-corrected chi connectivity index (χ1v) is 9.73. The summed E-state index contributed by atoms with van der Waals surface area (Å²) in [5, 5.41) is 6.71. The maximum absolute atomic E-state index is 5.95. The van der Waals surface area contributed by atoms with E-state index in [0.717, 1.165) is 64.1 Å². The van der Waals surface area contributed by atoms with Gasteiger partial charge in [0.2, 0.25) is 0 Å². The Balaban J connectivity index is 1.70. The third kappa shape index (κ3) is 8.06. The minimum absolute atomic E-state index is 0.0283. The van der Waals surface area contributed by atoms with E-state index in [-0.39, 0.29) is 6.10 Å². The molecule has 2 rings (SSSR count). The van der Waals surface area contributed by atoms with E-state index in [0.29, 0.717) is 6.54 Å². The fraction of sp³-hybridized carbons (Fsp3) is 0.650. The Morgan fingerprint density at radius 1 is 1.31 bits per heavy atom.